The van der Waals surface area contributed by atoms with Gasteiger partial charge in [0.25, 0.3) is 0 Å². The Balaban J connectivity index is 2.15. The third kappa shape index (κ3) is 2.80. The summed E-state index contributed by atoms with van der Waals surface area (Å²) in [4.78, 5) is 3.98. The Bertz CT molecular complexity index is 901. The topological polar surface area (TPSA) is 91.7 Å². The zero-order chi connectivity index (χ0) is 17.3. The Hall–Kier alpha value is -2.62. The molecule has 7 nitrogen and oxygen atoms in total. The molecule has 3 aromatic rings. The van der Waals surface area contributed by atoms with Crippen molar-refractivity contribution in [1.29, 1.82) is 0 Å². The molecule has 0 spiro atoms. The van der Waals surface area contributed by atoms with E-state index < -0.39 is 11.6 Å². The Morgan fingerprint density at radius 2 is 2.08 bits per heavy atom. The highest BCUT2D eigenvalue weighted by Gasteiger charge is 2.21. The number of nitrogens with two attached hydrogens (primary N) is 1. The maximum absolute atomic E-state index is 14.4. The number of tetrazole rings is 1. The van der Waals surface area contributed by atoms with Crippen LogP contribution >= 0.6 is 15.9 Å². The molecule has 0 aliphatic rings. The fourth-order valence-corrected chi connectivity index (χ4v) is 2.43. The van der Waals surface area contributed by atoms with Gasteiger partial charge in [-0.1, -0.05) is 0 Å². The average Bonchev–Trinajstić information content (AvgIpc) is 3.03. The first-order valence-corrected chi connectivity index (χ1v) is 7.63. The molecule has 0 atom stereocenters. The van der Waals surface area contributed by atoms with Crippen LogP contribution in [0.3, 0.4) is 0 Å². The van der Waals surface area contributed by atoms with Crippen LogP contribution in [0.5, 0.6) is 5.75 Å². The molecule has 24 heavy (non-hydrogen) atoms. The minimum atomic E-state index is -1.13. The quantitative estimate of drug-likeness (QED) is 0.728. The predicted octanol–water partition coefficient (Wildman–Crippen LogP) is 2.75. The normalized spacial score (nSPS) is 10.8. The van der Waals surface area contributed by atoms with Crippen LogP contribution in [-0.2, 0) is 0 Å². The summed E-state index contributed by atoms with van der Waals surface area (Å²) in [7, 11) is 0. The number of benzene rings is 1. The molecule has 124 valence electrons. The number of hydrogen-bond donors (Lipinski definition) is 1. The number of pyridine rings is 1. The second kappa shape index (κ2) is 6.48. The van der Waals surface area contributed by atoms with Gasteiger partial charge in [0.2, 0.25) is 5.82 Å². The van der Waals surface area contributed by atoms with E-state index in [4.69, 9.17) is 10.5 Å². The summed E-state index contributed by atoms with van der Waals surface area (Å²) >= 11 is 3.27. The van der Waals surface area contributed by atoms with Crippen molar-refractivity contribution in [3.05, 3.63) is 40.5 Å². The van der Waals surface area contributed by atoms with Crippen LogP contribution in [0.2, 0.25) is 0 Å². The maximum Gasteiger partial charge on any atom is 0.202 e. The van der Waals surface area contributed by atoms with Gasteiger partial charge in [0.15, 0.2) is 17.4 Å². The van der Waals surface area contributed by atoms with Gasteiger partial charge in [-0.05, 0) is 51.5 Å². The third-order valence-electron chi connectivity index (χ3n) is 3.15. The van der Waals surface area contributed by atoms with Crippen molar-refractivity contribution < 1.29 is 13.5 Å². The lowest BCUT2D eigenvalue weighted by Gasteiger charge is -2.10. The lowest BCUT2D eigenvalue weighted by Crippen LogP contribution is -2.07. The predicted molar refractivity (Wildman–Crippen MR) is 85.6 cm³/mol. The van der Waals surface area contributed by atoms with E-state index >= 15 is 0 Å². The van der Waals surface area contributed by atoms with Gasteiger partial charge in [0.1, 0.15) is 11.5 Å². The molecule has 0 bridgehead atoms. The molecule has 0 amide bonds. The molecule has 10 heteroatoms. The summed E-state index contributed by atoms with van der Waals surface area (Å²) in [5.74, 6) is -2.14. The molecular formula is C14H11BrF2N6O. The number of nitrogen functional groups attached to an aromatic ring is 1. The highest BCUT2D eigenvalue weighted by molar-refractivity contribution is 9.10. The molecule has 0 unspecified atom stereocenters. The molecule has 1 aromatic carbocycles. The van der Waals surface area contributed by atoms with Crippen LogP contribution in [0, 0.1) is 11.6 Å². The highest BCUT2D eigenvalue weighted by atomic mass is 79.9. The SMILES string of the molecule is CCOc1ccc(-n2nnnc2-c2cc(Br)cnc2N)c(F)c1F. The standard InChI is InChI=1S/C14H11BrF2N6O/c1-2-24-10-4-3-9(11(16)12(10)17)23-14(20-21-22-23)8-5-7(15)6-19-13(8)18/h3-6H,2H2,1H3,(H2,18,19). The first-order chi connectivity index (χ1) is 11.5. The van der Waals surface area contributed by atoms with Crippen molar-refractivity contribution in [2.75, 3.05) is 12.3 Å². The summed E-state index contributed by atoms with van der Waals surface area (Å²) < 4.78 is 35.2. The van der Waals surface area contributed by atoms with Gasteiger partial charge < -0.3 is 10.5 Å². The Labute approximate surface area is 143 Å². The first kappa shape index (κ1) is 16.2. The van der Waals surface area contributed by atoms with E-state index in [9.17, 15) is 8.78 Å². The van der Waals surface area contributed by atoms with Crippen molar-refractivity contribution in [2.24, 2.45) is 0 Å². The van der Waals surface area contributed by atoms with Crippen molar-refractivity contribution in [3.63, 3.8) is 0 Å². The molecule has 0 aliphatic carbocycles. The minimum absolute atomic E-state index is 0.128. The van der Waals surface area contributed by atoms with Crippen LogP contribution in [0.15, 0.2) is 28.9 Å². The number of ether oxygens (including phenoxy) is 1. The third-order valence-corrected chi connectivity index (χ3v) is 3.58. The van der Waals surface area contributed by atoms with E-state index in [1.165, 1.54) is 18.3 Å². The molecule has 2 aromatic heterocycles. The fraction of sp³-hybridized carbons (Fsp3) is 0.143. The summed E-state index contributed by atoms with van der Waals surface area (Å²) in [6.45, 7) is 1.89. The van der Waals surface area contributed by atoms with Crippen LogP contribution in [0.4, 0.5) is 14.6 Å². The van der Waals surface area contributed by atoms with Crippen LogP contribution in [0.1, 0.15) is 6.92 Å². The molecule has 0 aliphatic heterocycles. The zero-order valence-electron chi connectivity index (χ0n) is 12.4. The van der Waals surface area contributed by atoms with Crippen LogP contribution in [0.25, 0.3) is 17.1 Å². The Kier molecular flexibility index (Phi) is 4.38. The zero-order valence-corrected chi connectivity index (χ0v) is 14.0. The molecular weight excluding hydrogens is 386 g/mol. The molecule has 0 fully saturated rings. The monoisotopic (exact) mass is 396 g/mol. The summed E-state index contributed by atoms with van der Waals surface area (Å²) in [5.41, 5.74) is 6.04. The van der Waals surface area contributed by atoms with Crippen molar-refractivity contribution in [1.82, 2.24) is 25.2 Å². The van der Waals surface area contributed by atoms with Gasteiger partial charge in [0, 0.05) is 10.7 Å². The molecule has 0 saturated heterocycles. The Morgan fingerprint density at radius 1 is 1.29 bits per heavy atom. The number of hydrogen-bond acceptors (Lipinski definition) is 6. The molecule has 3 rings (SSSR count). The lowest BCUT2D eigenvalue weighted by molar-refractivity contribution is 0.313. The second-order valence-corrected chi connectivity index (χ2v) is 5.56. The van der Waals surface area contributed by atoms with Crippen molar-refractivity contribution in [3.8, 4) is 22.8 Å². The largest absolute Gasteiger partial charge is 0.491 e. The van der Waals surface area contributed by atoms with Crippen molar-refractivity contribution >= 4 is 21.7 Å². The summed E-state index contributed by atoms with van der Waals surface area (Å²) in [6, 6.07) is 4.27. The number of rotatable bonds is 4. The summed E-state index contributed by atoms with van der Waals surface area (Å²) in [6.07, 6.45) is 1.50. The number of anilines is 1. The average molecular weight is 397 g/mol. The first-order valence-electron chi connectivity index (χ1n) is 6.83. The van der Waals surface area contributed by atoms with Gasteiger partial charge in [0.05, 0.1) is 12.2 Å². The van der Waals surface area contributed by atoms with Crippen LogP contribution < -0.4 is 10.5 Å². The van der Waals surface area contributed by atoms with E-state index in [-0.39, 0.29) is 29.7 Å². The number of halogens is 3. The van der Waals surface area contributed by atoms with Crippen LogP contribution in [-0.4, -0.2) is 31.8 Å². The van der Waals surface area contributed by atoms with Gasteiger partial charge >= 0.3 is 0 Å². The fourth-order valence-electron chi connectivity index (χ4n) is 2.10. The second-order valence-electron chi connectivity index (χ2n) is 4.64. The van der Waals surface area contributed by atoms with E-state index in [0.717, 1.165) is 4.68 Å². The van der Waals surface area contributed by atoms with E-state index in [1.54, 1.807) is 13.0 Å². The number of aromatic nitrogens is 5. The molecule has 0 saturated carbocycles. The molecule has 2 heterocycles. The minimum Gasteiger partial charge on any atom is -0.491 e. The van der Waals surface area contributed by atoms with Gasteiger partial charge in [-0.3, -0.25) is 0 Å². The summed E-state index contributed by atoms with van der Waals surface area (Å²) in [5, 5.41) is 11.1. The van der Waals surface area contributed by atoms with Crippen molar-refractivity contribution in [2.45, 2.75) is 6.92 Å². The van der Waals surface area contributed by atoms with Gasteiger partial charge in [-0.15, -0.1) is 5.10 Å². The Morgan fingerprint density at radius 3 is 2.83 bits per heavy atom. The molecule has 2 N–H and O–H groups in total. The smallest absolute Gasteiger partial charge is 0.202 e. The number of nitrogens with zero attached hydrogens (tertiary/aromatic N) is 5. The highest BCUT2D eigenvalue weighted by Crippen LogP contribution is 2.30. The van der Waals surface area contributed by atoms with Gasteiger partial charge in [-0.25, -0.2) is 9.37 Å². The lowest BCUT2D eigenvalue weighted by atomic mass is 10.2. The maximum atomic E-state index is 14.4. The van der Waals surface area contributed by atoms with Gasteiger partial charge in [-0.2, -0.15) is 9.07 Å². The van der Waals surface area contributed by atoms with E-state index in [2.05, 4.69) is 36.4 Å². The molecule has 0 radical (unpaired) electrons. The van der Waals surface area contributed by atoms with E-state index in [1.807, 2.05) is 0 Å². The van der Waals surface area contributed by atoms with E-state index in [0.29, 0.717) is 10.0 Å².